The zero-order valence-corrected chi connectivity index (χ0v) is 13.0. The molecule has 0 bridgehead atoms. The lowest BCUT2D eigenvalue weighted by atomic mass is 9.97. The lowest BCUT2D eigenvalue weighted by Gasteiger charge is -2.40. The van der Waals surface area contributed by atoms with Gasteiger partial charge in [-0.15, -0.1) is 0 Å². The first kappa shape index (κ1) is 18.2. The quantitative estimate of drug-likeness (QED) is 0.157. The molecule has 1 rings (SSSR count). The molecule has 118 valence electrons. The number of hydrogen-bond donors (Lipinski definition) is 6. The number of carbonyl (C=O) groups is 1. The van der Waals surface area contributed by atoms with Gasteiger partial charge in [0, 0.05) is 0 Å². The van der Waals surface area contributed by atoms with Crippen molar-refractivity contribution < 1.29 is 43.7 Å². The summed E-state index contributed by atoms with van der Waals surface area (Å²) < 4.78 is 19.6. The highest BCUT2D eigenvalue weighted by molar-refractivity contribution is 14.1. The highest BCUT2D eigenvalue weighted by Crippen LogP contribution is 2.36. The summed E-state index contributed by atoms with van der Waals surface area (Å²) in [5.74, 6) is -0.477. The Morgan fingerprint density at radius 3 is 2.40 bits per heavy atom. The molecule has 1 fully saturated rings. The van der Waals surface area contributed by atoms with E-state index in [2.05, 4.69) is 9.84 Å². The summed E-state index contributed by atoms with van der Waals surface area (Å²) in [6.07, 6.45) is -6.16. The molecular formula is C8H15INO9P. The van der Waals surface area contributed by atoms with Crippen LogP contribution < -0.4 is 5.32 Å². The zero-order chi connectivity index (χ0) is 15.5. The number of rotatable bonds is 5. The van der Waals surface area contributed by atoms with Crippen LogP contribution in [0, 0.1) is 0 Å². The smallest absolute Gasteiger partial charge is 0.388 e. The number of phosphoric ester groups is 1. The molecule has 1 aliphatic heterocycles. The molecular weight excluding hydrogens is 412 g/mol. The minimum Gasteiger partial charge on any atom is -0.388 e. The number of amides is 1. The van der Waals surface area contributed by atoms with Gasteiger partial charge in [0.1, 0.15) is 24.4 Å². The van der Waals surface area contributed by atoms with Crippen LogP contribution >= 0.6 is 30.4 Å². The number of ether oxygens (including phenoxy) is 1. The average Bonchev–Trinajstić information content (AvgIpc) is 2.36. The van der Waals surface area contributed by atoms with Crippen LogP contribution in [-0.4, -0.2) is 72.7 Å². The number of alkyl halides is 1. The van der Waals surface area contributed by atoms with Crippen LogP contribution in [-0.2, 0) is 18.6 Å². The van der Waals surface area contributed by atoms with Crippen molar-refractivity contribution in [3.63, 3.8) is 0 Å². The third-order valence-corrected chi connectivity index (χ3v) is 3.75. The molecule has 0 saturated carbocycles. The summed E-state index contributed by atoms with van der Waals surface area (Å²) in [6.45, 7) is -0.730. The largest absolute Gasteiger partial charge is 0.469 e. The Kier molecular flexibility index (Phi) is 6.76. The summed E-state index contributed by atoms with van der Waals surface area (Å²) in [7, 11) is -4.77. The van der Waals surface area contributed by atoms with Crippen molar-refractivity contribution in [3.8, 4) is 0 Å². The normalized spacial score (nSPS) is 34.8. The maximum atomic E-state index is 11.2. The third-order valence-electron chi connectivity index (χ3n) is 2.58. The molecule has 0 radical (unpaired) electrons. The molecule has 1 saturated heterocycles. The molecule has 0 aromatic heterocycles. The lowest BCUT2D eigenvalue weighted by Crippen LogP contribution is -2.64. The van der Waals surface area contributed by atoms with E-state index in [1.165, 1.54) is 0 Å². The van der Waals surface area contributed by atoms with Gasteiger partial charge in [-0.2, -0.15) is 0 Å². The third kappa shape index (κ3) is 5.16. The van der Waals surface area contributed by atoms with Gasteiger partial charge < -0.3 is 35.2 Å². The Morgan fingerprint density at radius 2 is 1.90 bits per heavy atom. The number of halogens is 1. The van der Waals surface area contributed by atoms with Crippen LogP contribution in [0.15, 0.2) is 0 Å². The molecule has 1 heterocycles. The van der Waals surface area contributed by atoms with E-state index in [4.69, 9.17) is 14.5 Å². The second kappa shape index (κ2) is 7.42. The van der Waals surface area contributed by atoms with E-state index >= 15 is 0 Å². The molecule has 0 aromatic carbocycles. The van der Waals surface area contributed by atoms with Gasteiger partial charge in [0.05, 0.1) is 11.0 Å². The van der Waals surface area contributed by atoms with Gasteiger partial charge in [-0.3, -0.25) is 9.32 Å². The Bertz CT molecular complexity index is 390. The maximum Gasteiger partial charge on any atom is 0.469 e. The topological polar surface area (TPSA) is 166 Å². The minimum absolute atomic E-state index is 0.0779. The second-order valence-corrected chi connectivity index (χ2v) is 6.06. The molecule has 1 unspecified atom stereocenters. The SMILES string of the molecule is O=C(CI)N[C@H]1C(O)O[C@H](COP(=O)(O)O)[C@@H](O)[C@@H]1O. The first-order chi connectivity index (χ1) is 9.15. The molecule has 12 heteroatoms. The van der Waals surface area contributed by atoms with Gasteiger partial charge in [-0.25, -0.2) is 4.57 Å². The van der Waals surface area contributed by atoms with E-state index < -0.39 is 51.0 Å². The molecule has 6 N–H and O–H groups in total. The van der Waals surface area contributed by atoms with Crippen LogP contribution in [0.2, 0.25) is 0 Å². The van der Waals surface area contributed by atoms with E-state index in [0.29, 0.717) is 0 Å². The summed E-state index contributed by atoms with van der Waals surface area (Å²) in [5, 5.41) is 31.4. The fourth-order valence-corrected chi connectivity index (χ4v) is 2.20. The van der Waals surface area contributed by atoms with Gasteiger partial charge in [-0.05, 0) is 0 Å². The van der Waals surface area contributed by atoms with Crippen LogP contribution in [0.25, 0.3) is 0 Å². The van der Waals surface area contributed by atoms with Crippen molar-refractivity contribution in [3.05, 3.63) is 0 Å². The molecule has 0 spiro atoms. The summed E-state index contributed by atoms with van der Waals surface area (Å²) in [5.41, 5.74) is 0. The summed E-state index contributed by atoms with van der Waals surface area (Å²) in [4.78, 5) is 28.3. The van der Waals surface area contributed by atoms with Gasteiger partial charge in [-0.1, -0.05) is 22.6 Å². The van der Waals surface area contributed by atoms with E-state index in [1.807, 2.05) is 0 Å². The van der Waals surface area contributed by atoms with E-state index in [0.717, 1.165) is 0 Å². The number of carbonyl (C=O) groups excluding carboxylic acids is 1. The number of phosphoric acid groups is 1. The highest BCUT2D eigenvalue weighted by Gasteiger charge is 2.45. The molecule has 1 amide bonds. The predicted octanol–water partition coefficient (Wildman–Crippen LogP) is -2.55. The van der Waals surface area contributed by atoms with Gasteiger partial charge in [0.2, 0.25) is 5.91 Å². The molecule has 0 aromatic rings. The molecule has 1 aliphatic rings. The number of aliphatic hydroxyl groups is 3. The van der Waals surface area contributed by atoms with E-state index in [-0.39, 0.29) is 4.43 Å². The maximum absolute atomic E-state index is 11.2. The lowest BCUT2D eigenvalue weighted by molar-refractivity contribution is -0.252. The average molecular weight is 427 g/mol. The monoisotopic (exact) mass is 427 g/mol. The number of nitrogens with one attached hydrogen (secondary N) is 1. The van der Waals surface area contributed by atoms with Crippen LogP contribution in [0.3, 0.4) is 0 Å². The predicted molar refractivity (Wildman–Crippen MR) is 71.7 cm³/mol. The van der Waals surface area contributed by atoms with Crippen LogP contribution in [0.4, 0.5) is 0 Å². The van der Waals surface area contributed by atoms with Crippen molar-refractivity contribution in [1.82, 2.24) is 5.32 Å². The second-order valence-electron chi connectivity index (χ2n) is 4.06. The molecule has 20 heavy (non-hydrogen) atoms. The van der Waals surface area contributed by atoms with Gasteiger partial charge in [0.15, 0.2) is 6.29 Å². The summed E-state index contributed by atoms with van der Waals surface area (Å²) >= 11 is 1.77. The fraction of sp³-hybridized carbons (Fsp3) is 0.875. The standard InChI is InChI=1S/C8H15INO9P/c9-1-4(11)10-5-7(13)6(12)3(19-8(5)14)2-18-20(15,16)17/h3,5-8,12-14H,1-2H2,(H,10,11)(H2,15,16,17)/t3-,5-,6-,7-,8?/m1/s1. The molecule has 0 aliphatic carbocycles. The van der Waals surface area contributed by atoms with Crippen molar-refractivity contribution in [1.29, 1.82) is 0 Å². The van der Waals surface area contributed by atoms with Crippen molar-refractivity contribution >= 4 is 36.3 Å². The Hall–Kier alpha value is 0.150. The molecule has 10 nitrogen and oxygen atoms in total. The first-order valence-electron chi connectivity index (χ1n) is 5.41. The summed E-state index contributed by atoms with van der Waals surface area (Å²) in [6, 6.07) is -1.25. The van der Waals surface area contributed by atoms with E-state index in [9.17, 15) is 24.7 Å². The van der Waals surface area contributed by atoms with Crippen molar-refractivity contribution in [2.45, 2.75) is 30.6 Å². The fourth-order valence-electron chi connectivity index (χ4n) is 1.63. The van der Waals surface area contributed by atoms with Crippen LogP contribution in [0.5, 0.6) is 0 Å². The number of hydrogen-bond acceptors (Lipinski definition) is 7. The Balaban J connectivity index is 2.66. The minimum atomic E-state index is -4.77. The van der Waals surface area contributed by atoms with Gasteiger partial charge >= 0.3 is 7.82 Å². The van der Waals surface area contributed by atoms with E-state index in [1.54, 1.807) is 22.6 Å². The number of aliphatic hydroxyl groups excluding tert-OH is 3. The Morgan fingerprint density at radius 1 is 1.30 bits per heavy atom. The van der Waals surface area contributed by atoms with Crippen molar-refractivity contribution in [2.24, 2.45) is 0 Å². The van der Waals surface area contributed by atoms with Crippen LogP contribution in [0.1, 0.15) is 0 Å². The zero-order valence-electron chi connectivity index (χ0n) is 10.00. The highest BCUT2D eigenvalue weighted by atomic mass is 127. The first-order valence-corrected chi connectivity index (χ1v) is 8.46. The van der Waals surface area contributed by atoms with Gasteiger partial charge in [0.25, 0.3) is 0 Å². The van der Waals surface area contributed by atoms with Crippen molar-refractivity contribution in [2.75, 3.05) is 11.0 Å². The molecule has 5 atom stereocenters. The Labute approximate surface area is 127 Å².